The molecule has 0 aromatic heterocycles. The fraction of sp³-hybridized carbons (Fsp3) is 0.350. The van der Waals surface area contributed by atoms with Crippen molar-refractivity contribution in [3.05, 3.63) is 65.7 Å². The lowest BCUT2D eigenvalue weighted by molar-refractivity contribution is -0.918. The highest BCUT2D eigenvalue weighted by molar-refractivity contribution is 5.90. The molecule has 0 bridgehead atoms. The summed E-state index contributed by atoms with van der Waals surface area (Å²) >= 11 is 0. The topological polar surface area (TPSA) is 45.6 Å². The number of para-hydroxylation sites is 1. The number of alkyl halides is 3. The average molecular weight is 378 g/mol. The minimum atomic E-state index is -4.50. The number of amides is 2. The van der Waals surface area contributed by atoms with Crippen molar-refractivity contribution in [2.45, 2.75) is 31.6 Å². The van der Waals surface area contributed by atoms with Gasteiger partial charge in [-0.15, -0.1) is 0 Å². The number of piperidine rings is 1. The van der Waals surface area contributed by atoms with Gasteiger partial charge in [-0.05, 0) is 12.1 Å². The summed E-state index contributed by atoms with van der Waals surface area (Å²) in [5, 5.41) is 5.14. The molecule has 7 heteroatoms. The number of carbonyl (C=O) groups is 1. The Hall–Kier alpha value is -2.54. The number of quaternary nitrogens is 1. The number of carbonyl (C=O) groups excluding carboxylic acids is 1. The van der Waals surface area contributed by atoms with Gasteiger partial charge in [-0.3, -0.25) is 0 Å². The number of urea groups is 1. The monoisotopic (exact) mass is 378 g/mol. The summed E-state index contributed by atoms with van der Waals surface area (Å²) in [7, 11) is 0. The van der Waals surface area contributed by atoms with Gasteiger partial charge >= 0.3 is 12.2 Å². The van der Waals surface area contributed by atoms with Gasteiger partial charge in [0.05, 0.1) is 24.3 Å². The first-order valence-corrected chi connectivity index (χ1v) is 9.03. The van der Waals surface area contributed by atoms with Crippen LogP contribution < -0.4 is 15.5 Å². The van der Waals surface area contributed by atoms with Crippen molar-refractivity contribution in [3.8, 4) is 0 Å². The van der Waals surface area contributed by atoms with Gasteiger partial charge < -0.3 is 15.5 Å². The van der Waals surface area contributed by atoms with Gasteiger partial charge in [-0.25, -0.2) is 4.79 Å². The maximum absolute atomic E-state index is 13.0. The molecule has 0 unspecified atom stereocenters. The summed E-state index contributed by atoms with van der Waals surface area (Å²) < 4.78 is 39.0. The Morgan fingerprint density at radius 3 is 2.30 bits per heavy atom. The molecule has 1 saturated heterocycles. The summed E-state index contributed by atoms with van der Waals surface area (Å²) in [6.07, 6.45) is -2.90. The van der Waals surface area contributed by atoms with E-state index in [1.807, 2.05) is 18.2 Å². The second kappa shape index (κ2) is 8.43. The van der Waals surface area contributed by atoms with E-state index < -0.39 is 17.8 Å². The van der Waals surface area contributed by atoms with Gasteiger partial charge in [0.1, 0.15) is 6.54 Å². The molecule has 4 nitrogen and oxygen atoms in total. The van der Waals surface area contributed by atoms with E-state index in [9.17, 15) is 18.0 Å². The van der Waals surface area contributed by atoms with E-state index in [0.29, 0.717) is 0 Å². The Balaban J connectivity index is 1.49. The van der Waals surface area contributed by atoms with Gasteiger partial charge in [-0.1, -0.05) is 42.5 Å². The van der Waals surface area contributed by atoms with E-state index in [1.165, 1.54) is 28.7 Å². The molecule has 144 valence electrons. The summed E-state index contributed by atoms with van der Waals surface area (Å²) in [6, 6.07) is 14.6. The number of hydrogen-bond acceptors (Lipinski definition) is 1. The zero-order valence-corrected chi connectivity index (χ0v) is 14.9. The molecular weight excluding hydrogens is 355 g/mol. The zero-order valence-electron chi connectivity index (χ0n) is 14.9. The highest BCUT2D eigenvalue weighted by Gasteiger charge is 2.33. The fourth-order valence-electron chi connectivity index (χ4n) is 3.41. The first-order valence-electron chi connectivity index (χ1n) is 9.03. The van der Waals surface area contributed by atoms with Crippen LogP contribution in [0.5, 0.6) is 0 Å². The number of rotatable bonds is 4. The number of nitrogens with one attached hydrogen (secondary N) is 3. The summed E-state index contributed by atoms with van der Waals surface area (Å²) in [4.78, 5) is 13.6. The number of hydrogen-bond donors (Lipinski definition) is 3. The van der Waals surface area contributed by atoms with Crippen molar-refractivity contribution in [2.75, 3.05) is 18.4 Å². The van der Waals surface area contributed by atoms with Crippen LogP contribution in [0.25, 0.3) is 0 Å². The molecule has 0 atom stereocenters. The summed E-state index contributed by atoms with van der Waals surface area (Å²) in [6.45, 7) is 2.77. The van der Waals surface area contributed by atoms with Gasteiger partial charge in [0.2, 0.25) is 0 Å². The Bertz CT molecular complexity index is 757. The molecule has 27 heavy (non-hydrogen) atoms. The summed E-state index contributed by atoms with van der Waals surface area (Å²) in [5.74, 6) is 0. The first kappa shape index (κ1) is 19.2. The number of anilines is 1. The molecule has 1 heterocycles. The summed E-state index contributed by atoms with van der Waals surface area (Å²) in [5.41, 5.74) is 0.206. The SMILES string of the molecule is O=C(Nc1ccccc1C(F)(F)F)NC1CC[NH+](Cc2ccccc2)CC1. The quantitative estimate of drug-likeness (QED) is 0.752. The average Bonchev–Trinajstić information content (AvgIpc) is 2.64. The molecule has 1 aliphatic rings. The van der Waals surface area contributed by atoms with Crippen molar-refractivity contribution >= 4 is 11.7 Å². The second-order valence-corrected chi connectivity index (χ2v) is 6.83. The Morgan fingerprint density at radius 1 is 1.00 bits per heavy atom. The van der Waals surface area contributed by atoms with Crippen LogP contribution in [0.15, 0.2) is 54.6 Å². The van der Waals surface area contributed by atoms with Crippen LogP contribution in [0.3, 0.4) is 0 Å². The minimum absolute atomic E-state index is 0.0254. The van der Waals surface area contributed by atoms with E-state index in [-0.39, 0.29) is 11.7 Å². The van der Waals surface area contributed by atoms with Crippen molar-refractivity contribution in [1.29, 1.82) is 0 Å². The van der Waals surface area contributed by atoms with Crippen LogP contribution in [-0.4, -0.2) is 25.2 Å². The molecule has 2 amide bonds. The predicted octanol–water partition coefficient (Wildman–Crippen LogP) is 3.07. The smallest absolute Gasteiger partial charge is 0.335 e. The standard InChI is InChI=1S/C20H22F3N3O/c21-20(22,23)17-8-4-5-9-18(17)25-19(27)24-16-10-12-26(13-11-16)14-15-6-2-1-3-7-15/h1-9,16H,10-14H2,(H2,24,25,27)/p+1. The van der Waals surface area contributed by atoms with E-state index in [2.05, 4.69) is 22.8 Å². The van der Waals surface area contributed by atoms with Gasteiger partial charge in [0.15, 0.2) is 0 Å². The maximum atomic E-state index is 13.0. The van der Waals surface area contributed by atoms with Gasteiger partial charge in [0.25, 0.3) is 0 Å². The largest absolute Gasteiger partial charge is 0.418 e. The third-order valence-corrected chi connectivity index (χ3v) is 4.81. The van der Waals surface area contributed by atoms with E-state index in [1.54, 1.807) is 0 Å². The molecular formula is C20H23F3N3O+. The maximum Gasteiger partial charge on any atom is 0.418 e. The van der Waals surface area contributed by atoms with Crippen LogP contribution in [0.1, 0.15) is 24.0 Å². The lowest BCUT2D eigenvalue weighted by Crippen LogP contribution is -3.12. The molecule has 2 aromatic carbocycles. The molecule has 1 aliphatic heterocycles. The predicted molar refractivity (Wildman–Crippen MR) is 97.5 cm³/mol. The molecule has 0 radical (unpaired) electrons. The zero-order chi connectivity index (χ0) is 19.3. The molecule has 0 aliphatic carbocycles. The normalized spacial score (nSPS) is 20.1. The van der Waals surface area contributed by atoms with Crippen molar-refractivity contribution < 1.29 is 22.9 Å². The molecule has 0 saturated carbocycles. The number of likely N-dealkylation sites (tertiary alicyclic amines) is 1. The van der Waals surface area contributed by atoms with Crippen molar-refractivity contribution in [3.63, 3.8) is 0 Å². The van der Waals surface area contributed by atoms with Gasteiger partial charge in [0, 0.05) is 24.4 Å². The van der Waals surface area contributed by atoms with Crippen LogP contribution in [0.2, 0.25) is 0 Å². The van der Waals surface area contributed by atoms with Crippen LogP contribution in [-0.2, 0) is 12.7 Å². The highest BCUT2D eigenvalue weighted by Crippen LogP contribution is 2.34. The lowest BCUT2D eigenvalue weighted by Gasteiger charge is -2.30. The number of halogens is 3. The molecule has 1 fully saturated rings. The Morgan fingerprint density at radius 2 is 1.63 bits per heavy atom. The first-order chi connectivity index (χ1) is 12.9. The third kappa shape index (κ3) is 5.47. The van der Waals surface area contributed by atoms with E-state index in [4.69, 9.17) is 0 Å². The van der Waals surface area contributed by atoms with E-state index in [0.717, 1.165) is 38.5 Å². The highest BCUT2D eigenvalue weighted by atomic mass is 19.4. The lowest BCUT2D eigenvalue weighted by atomic mass is 10.0. The van der Waals surface area contributed by atoms with Gasteiger partial charge in [-0.2, -0.15) is 13.2 Å². The van der Waals surface area contributed by atoms with Crippen molar-refractivity contribution in [2.24, 2.45) is 0 Å². The third-order valence-electron chi connectivity index (χ3n) is 4.81. The Labute approximate surface area is 156 Å². The molecule has 3 rings (SSSR count). The fourth-order valence-corrected chi connectivity index (χ4v) is 3.41. The number of benzene rings is 2. The second-order valence-electron chi connectivity index (χ2n) is 6.83. The minimum Gasteiger partial charge on any atom is -0.335 e. The van der Waals surface area contributed by atoms with Crippen LogP contribution in [0.4, 0.5) is 23.7 Å². The molecule has 0 spiro atoms. The molecule has 2 aromatic rings. The Kier molecular flexibility index (Phi) is 6.01. The molecule has 3 N–H and O–H groups in total. The van der Waals surface area contributed by atoms with Crippen molar-refractivity contribution in [1.82, 2.24) is 5.32 Å². The van der Waals surface area contributed by atoms with Crippen LogP contribution in [0, 0.1) is 0 Å². The van der Waals surface area contributed by atoms with Crippen LogP contribution >= 0.6 is 0 Å². The van der Waals surface area contributed by atoms with E-state index >= 15 is 0 Å².